The number of nitrogens with one attached hydrogen (secondary N) is 1. The van der Waals surface area contributed by atoms with Gasteiger partial charge in [-0.1, -0.05) is 24.3 Å². The Balaban J connectivity index is 1.49. The van der Waals surface area contributed by atoms with Gasteiger partial charge in [0, 0.05) is 24.5 Å². The van der Waals surface area contributed by atoms with Crippen LogP contribution in [0.4, 0.5) is 4.39 Å². The van der Waals surface area contributed by atoms with Crippen molar-refractivity contribution in [2.45, 2.75) is 19.2 Å². The third kappa shape index (κ3) is 5.85. The average Bonchev–Trinajstić information content (AvgIpc) is 3.19. The molecule has 0 bridgehead atoms. The van der Waals surface area contributed by atoms with Crippen molar-refractivity contribution in [1.82, 2.24) is 15.2 Å². The van der Waals surface area contributed by atoms with Crippen molar-refractivity contribution in [3.8, 4) is 5.75 Å². The summed E-state index contributed by atoms with van der Waals surface area (Å²) in [5.41, 5.74) is 5.04. The Morgan fingerprint density at radius 3 is 2.48 bits per heavy atom. The summed E-state index contributed by atoms with van der Waals surface area (Å²) in [6.07, 6.45) is 0. The lowest BCUT2D eigenvalue weighted by Gasteiger charge is -2.25. The zero-order chi connectivity index (χ0) is 19.1. The first-order valence-corrected chi connectivity index (χ1v) is 9.77. The first-order valence-electron chi connectivity index (χ1n) is 8.83. The number of rotatable bonds is 9. The van der Waals surface area contributed by atoms with Crippen molar-refractivity contribution in [3.05, 3.63) is 82.1 Å². The van der Waals surface area contributed by atoms with Crippen LogP contribution < -0.4 is 10.1 Å². The lowest BCUT2D eigenvalue weighted by molar-refractivity contribution is 0.288. The summed E-state index contributed by atoms with van der Waals surface area (Å²) in [4.78, 5) is 6.34. The van der Waals surface area contributed by atoms with Gasteiger partial charge in [-0.3, -0.25) is 0 Å². The molecule has 1 aromatic heterocycles. The molecule has 3 aromatic rings. The van der Waals surface area contributed by atoms with Crippen molar-refractivity contribution in [2.75, 3.05) is 20.6 Å². The van der Waals surface area contributed by atoms with Crippen molar-refractivity contribution in [1.29, 1.82) is 0 Å². The monoisotopic (exact) mass is 385 g/mol. The third-order valence-electron chi connectivity index (χ3n) is 4.34. The largest absolute Gasteiger partial charge is 0.487 e. The maximum Gasteiger partial charge on any atom is 0.131 e. The second kappa shape index (κ2) is 9.60. The molecule has 0 fully saturated rings. The Bertz CT molecular complexity index is 804. The number of likely N-dealkylation sites (N-methyl/N-ethyl adjacent to an activating group) is 1. The molecule has 0 aliphatic rings. The van der Waals surface area contributed by atoms with Gasteiger partial charge in [0.25, 0.3) is 0 Å². The zero-order valence-corrected chi connectivity index (χ0v) is 16.4. The number of hydrogen-bond donors (Lipinski definition) is 1. The van der Waals surface area contributed by atoms with E-state index in [1.807, 2.05) is 43.7 Å². The van der Waals surface area contributed by atoms with Gasteiger partial charge < -0.3 is 15.0 Å². The van der Waals surface area contributed by atoms with E-state index in [0.29, 0.717) is 6.61 Å². The Morgan fingerprint density at radius 1 is 1.11 bits per heavy atom. The Kier molecular flexibility index (Phi) is 6.92. The molecule has 1 N–H and O–H groups in total. The number of thiazole rings is 1. The van der Waals surface area contributed by atoms with Gasteiger partial charge >= 0.3 is 0 Å². The number of halogens is 1. The van der Waals surface area contributed by atoms with Crippen LogP contribution in [-0.4, -0.2) is 30.5 Å². The van der Waals surface area contributed by atoms with Gasteiger partial charge in [-0.15, -0.1) is 11.3 Å². The minimum absolute atomic E-state index is 0.186. The quantitative estimate of drug-likeness (QED) is 0.597. The lowest BCUT2D eigenvalue weighted by Crippen LogP contribution is -2.30. The molecular weight excluding hydrogens is 361 g/mol. The summed E-state index contributed by atoms with van der Waals surface area (Å²) in [6, 6.07) is 15.0. The number of benzene rings is 2. The fraction of sp³-hybridized carbons (Fsp3) is 0.286. The molecule has 1 atom stereocenters. The summed E-state index contributed by atoms with van der Waals surface area (Å²) in [5, 5.41) is 5.47. The molecule has 1 unspecified atom stereocenters. The summed E-state index contributed by atoms with van der Waals surface area (Å²) in [5.74, 6) is 0.630. The van der Waals surface area contributed by atoms with Gasteiger partial charge in [-0.05, 0) is 49.5 Å². The molecule has 4 nitrogen and oxygen atoms in total. The molecule has 6 heteroatoms. The van der Waals surface area contributed by atoms with Crippen LogP contribution in [-0.2, 0) is 13.2 Å². The minimum atomic E-state index is -0.207. The fourth-order valence-electron chi connectivity index (χ4n) is 2.81. The van der Waals surface area contributed by atoms with Crippen LogP contribution in [0.15, 0.2) is 59.4 Å². The van der Waals surface area contributed by atoms with Crippen LogP contribution in [0.1, 0.15) is 22.9 Å². The Hall–Kier alpha value is -2.28. The molecular formula is C21H24FN3OS. The van der Waals surface area contributed by atoms with Crippen molar-refractivity contribution in [3.63, 3.8) is 0 Å². The summed E-state index contributed by atoms with van der Waals surface area (Å²) < 4.78 is 18.9. The number of ether oxygens (including phenoxy) is 1. The maximum atomic E-state index is 13.1. The van der Waals surface area contributed by atoms with E-state index in [1.165, 1.54) is 17.7 Å². The van der Waals surface area contributed by atoms with E-state index in [2.05, 4.69) is 27.3 Å². The zero-order valence-electron chi connectivity index (χ0n) is 15.6. The Labute approximate surface area is 163 Å². The highest BCUT2D eigenvalue weighted by Gasteiger charge is 2.13. The molecule has 3 rings (SSSR count). The number of aromatic nitrogens is 1. The number of nitrogens with zero attached hydrogens (tertiary/aromatic N) is 2. The lowest BCUT2D eigenvalue weighted by atomic mass is 10.1. The maximum absolute atomic E-state index is 13.1. The van der Waals surface area contributed by atoms with E-state index in [0.717, 1.165) is 30.1 Å². The normalized spacial score (nSPS) is 12.3. The molecule has 0 saturated carbocycles. The second-order valence-electron chi connectivity index (χ2n) is 6.57. The van der Waals surface area contributed by atoms with Crippen LogP contribution in [0.5, 0.6) is 5.75 Å². The van der Waals surface area contributed by atoms with Crippen LogP contribution in [0.3, 0.4) is 0 Å². The van der Waals surface area contributed by atoms with Crippen molar-refractivity contribution >= 4 is 11.3 Å². The van der Waals surface area contributed by atoms with Crippen molar-refractivity contribution < 1.29 is 9.13 Å². The van der Waals surface area contributed by atoms with Crippen LogP contribution in [0, 0.1) is 5.82 Å². The van der Waals surface area contributed by atoms with Gasteiger partial charge in [0.05, 0.1) is 11.2 Å². The van der Waals surface area contributed by atoms with E-state index < -0.39 is 0 Å². The van der Waals surface area contributed by atoms with Gasteiger partial charge in [-0.2, -0.15) is 0 Å². The summed E-state index contributed by atoms with van der Waals surface area (Å²) >= 11 is 1.57. The third-order valence-corrected chi connectivity index (χ3v) is 4.97. The predicted octanol–water partition coefficient (Wildman–Crippen LogP) is 4.25. The van der Waals surface area contributed by atoms with Gasteiger partial charge in [-0.25, -0.2) is 9.37 Å². The highest BCUT2D eigenvalue weighted by Crippen LogP contribution is 2.18. The van der Waals surface area contributed by atoms with Crippen LogP contribution in [0.2, 0.25) is 0 Å². The number of hydrogen-bond acceptors (Lipinski definition) is 5. The van der Waals surface area contributed by atoms with Gasteiger partial charge in [0.15, 0.2) is 0 Å². The molecule has 0 radical (unpaired) electrons. The van der Waals surface area contributed by atoms with Crippen LogP contribution in [0.25, 0.3) is 0 Å². The summed E-state index contributed by atoms with van der Waals surface area (Å²) in [7, 11) is 4.06. The van der Waals surface area contributed by atoms with Gasteiger partial charge in [0.2, 0.25) is 0 Å². The van der Waals surface area contributed by atoms with Gasteiger partial charge in [0.1, 0.15) is 18.2 Å². The van der Waals surface area contributed by atoms with E-state index >= 15 is 0 Å². The SMILES string of the molecule is CN(C)C(CNCc1ccc(OCc2cscn2)cc1)c1ccc(F)cc1. The summed E-state index contributed by atoms with van der Waals surface area (Å²) in [6.45, 7) is 2.03. The smallest absolute Gasteiger partial charge is 0.131 e. The van der Waals surface area contributed by atoms with Crippen LogP contribution >= 0.6 is 11.3 Å². The van der Waals surface area contributed by atoms with Crippen molar-refractivity contribution in [2.24, 2.45) is 0 Å². The van der Waals surface area contributed by atoms with E-state index in [4.69, 9.17) is 4.74 Å². The standard InChI is InChI=1S/C21H24FN3OS/c1-25(2)21(17-5-7-18(22)8-6-17)12-23-11-16-3-9-20(10-4-16)26-13-19-14-27-15-24-19/h3-10,14-15,21,23H,11-13H2,1-2H3. The molecule has 0 aliphatic heterocycles. The second-order valence-corrected chi connectivity index (χ2v) is 7.29. The molecule has 142 valence electrons. The Morgan fingerprint density at radius 2 is 1.85 bits per heavy atom. The molecule has 2 aromatic carbocycles. The van der Waals surface area contributed by atoms with E-state index in [1.54, 1.807) is 16.8 Å². The predicted molar refractivity (Wildman–Crippen MR) is 107 cm³/mol. The molecule has 27 heavy (non-hydrogen) atoms. The molecule has 0 spiro atoms. The topological polar surface area (TPSA) is 37.4 Å². The fourth-order valence-corrected chi connectivity index (χ4v) is 3.35. The molecule has 0 amide bonds. The van der Waals surface area contributed by atoms with E-state index in [9.17, 15) is 4.39 Å². The molecule has 0 aliphatic carbocycles. The minimum Gasteiger partial charge on any atom is -0.487 e. The first-order chi connectivity index (χ1) is 13.1. The highest BCUT2D eigenvalue weighted by atomic mass is 32.1. The molecule has 1 heterocycles. The van der Waals surface area contributed by atoms with E-state index in [-0.39, 0.29) is 11.9 Å². The first kappa shape index (κ1) is 19.5. The molecule has 0 saturated heterocycles. The average molecular weight is 386 g/mol. The highest BCUT2D eigenvalue weighted by molar-refractivity contribution is 7.07.